The minimum absolute atomic E-state index is 0.125. The van der Waals surface area contributed by atoms with E-state index in [1.54, 1.807) is 25.4 Å². The molecule has 0 amide bonds. The Hall–Kier alpha value is -1.22. The van der Waals surface area contributed by atoms with Crippen LogP contribution in [0.15, 0.2) is 42.7 Å². The molecule has 0 aliphatic heterocycles. The maximum absolute atomic E-state index is 13.4. The average Bonchev–Trinajstić information content (AvgIpc) is 2.34. The van der Waals surface area contributed by atoms with Gasteiger partial charge in [0.15, 0.2) is 0 Å². The normalized spacial score (nSPS) is 12.4. The molecular weight excluding hydrogens is 281 g/mol. The van der Waals surface area contributed by atoms with Gasteiger partial charge in [-0.3, -0.25) is 4.98 Å². The SMILES string of the molecule is Cc1ccc(C(Br)Cc2ccncc2)cc1F. The molecule has 0 aliphatic carbocycles. The van der Waals surface area contributed by atoms with Gasteiger partial charge in [0.25, 0.3) is 0 Å². The molecule has 2 aromatic rings. The van der Waals surface area contributed by atoms with Crippen LogP contribution in [0.4, 0.5) is 4.39 Å². The van der Waals surface area contributed by atoms with E-state index in [9.17, 15) is 4.39 Å². The molecule has 0 radical (unpaired) electrons. The molecule has 1 nitrogen and oxygen atoms in total. The molecule has 0 saturated heterocycles. The van der Waals surface area contributed by atoms with E-state index in [1.165, 1.54) is 5.56 Å². The van der Waals surface area contributed by atoms with Crippen LogP contribution in [0.25, 0.3) is 0 Å². The highest BCUT2D eigenvalue weighted by Crippen LogP contribution is 2.27. The molecular formula is C14H13BrFN. The van der Waals surface area contributed by atoms with Gasteiger partial charge in [-0.05, 0) is 48.2 Å². The van der Waals surface area contributed by atoms with Crippen molar-refractivity contribution in [2.75, 3.05) is 0 Å². The third kappa shape index (κ3) is 3.13. The lowest BCUT2D eigenvalue weighted by atomic mass is 10.0. The smallest absolute Gasteiger partial charge is 0.126 e. The number of aromatic nitrogens is 1. The highest BCUT2D eigenvalue weighted by atomic mass is 79.9. The summed E-state index contributed by atoms with van der Waals surface area (Å²) in [7, 11) is 0. The van der Waals surface area contributed by atoms with E-state index in [4.69, 9.17) is 0 Å². The highest BCUT2D eigenvalue weighted by molar-refractivity contribution is 9.09. The molecule has 1 atom stereocenters. The van der Waals surface area contributed by atoms with Crippen LogP contribution in [0.5, 0.6) is 0 Å². The molecule has 1 unspecified atom stereocenters. The Kier molecular flexibility index (Phi) is 3.89. The fourth-order valence-corrected chi connectivity index (χ4v) is 2.31. The zero-order valence-electron chi connectivity index (χ0n) is 9.53. The largest absolute Gasteiger partial charge is 0.265 e. The predicted molar refractivity (Wildman–Crippen MR) is 70.7 cm³/mol. The summed E-state index contributed by atoms with van der Waals surface area (Å²) in [4.78, 5) is 4.10. The summed E-state index contributed by atoms with van der Waals surface area (Å²) < 4.78 is 13.4. The van der Waals surface area contributed by atoms with E-state index in [2.05, 4.69) is 20.9 Å². The molecule has 3 heteroatoms. The van der Waals surface area contributed by atoms with Gasteiger partial charge in [0.05, 0.1) is 0 Å². The summed E-state index contributed by atoms with van der Waals surface area (Å²) in [6, 6.07) is 9.30. The van der Waals surface area contributed by atoms with Crippen molar-refractivity contribution < 1.29 is 4.39 Å². The second kappa shape index (κ2) is 5.41. The maximum Gasteiger partial charge on any atom is 0.126 e. The number of aryl methyl sites for hydroxylation is 1. The number of pyridine rings is 1. The van der Waals surface area contributed by atoms with Crippen LogP contribution in [-0.4, -0.2) is 4.98 Å². The van der Waals surface area contributed by atoms with Crippen LogP contribution in [0, 0.1) is 12.7 Å². The van der Waals surface area contributed by atoms with Crippen molar-refractivity contribution in [3.05, 3.63) is 65.2 Å². The monoisotopic (exact) mass is 293 g/mol. The first-order valence-electron chi connectivity index (χ1n) is 5.46. The topological polar surface area (TPSA) is 12.9 Å². The number of nitrogens with zero attached hydrogens (tertiary/aromatic N) is 1. The van der Waals surface area contributed by atoms with Crippen LogP contribution in [0.1, 0.15) is 21.5 Å². The van der Waals surface area contributed by atoms with E-state index in [0.717, 1.165) is 12.0 Å². The van der Waals surface area contributed by atoms with Gasteiger partial charge in [-0.1, -0.05) is 28.1 Å². The number of hydrogen-bond donors (Lipinski definition) is 0. The summed E-state index contributed by atoms with van der Waals surface area (Å²) in [5.41, 5.74) is 2.82. The molecule has 0 N–H and O–H groups in total. The second-order valence-electron chi connectivity index (χ2n) is 4.04. The van der Waals surface area contributed by atoms with Gasteiger partial charge in [0, 0.05) is 17.2 Å². The molecule has 1 heterocycles. The molecule has 0 bridgehead atoms. The molecule has 88 valence electrons. The van der Waals surface area contributed by atoms with E-state index in [1.807, 2.05) is 24.3 Å². The van der Waals surface area contributed by atoms with Crippen LogP contribution in [0.2, 0.25) is 0 Å². The van der Waals surface area contributed by atoms with Crippen molar-refractivity contribution in [3.8, 4) is 0 Å². The highest BCUT2D eigenvalue weighted by Gasteiger charge is 2.10. The molecule has 2 rings (SSSR count). The molecule has 0 saturated carbocycles. The summed E-state index contributed by atoms with van der Waals surface area (Å²) >= 11 is 3.59. The van der Waals surface area contributed by atoms with Gasteiger partial charge in [-0.2, -0.15) is 0 Å². The molecule has 0 spiro atoms. The molecule has 0 fully saturated rings. The van der Waals surface area contributed by atoms with Crippen LogP contribution >= 0.6 is 15.9 Å². The maximum atomic E-state index is 13.4. The third-order valence-electron chi connectivity index (χ3n) is 2.72. The lowest BCUT2D eigenvalue weighted by Crippen LogP contribution is -1.97. The summed E-state index contributed by atoms with van der Waals surface area (Å²) in [6.45, 7) is 1.77. The number of rotatable bonds is 3. The van der Waals surface area contributed by atoms with Crippen molar-refractivity contribution in [3.63, 3.8) is 0 Å². The average molecular weight is 294 g/mol. The van der Waals surface area contributed by atoms with Gasteiger partial charge < -0.3 is 0 Å². The number of alkyl halides is 1. The summed E-state index contributed by atoms with van der Waals surface area (Å²) in [6.07, 6.45) is 4.36. The zero-order chi connectivity index (χ0) is 12.3. The van der Waals surface area contributed by atoms with Gasteiger partial charge in [0.2, 0.25) is 0 Å². The first-order chi connectivity index (χ1) is 8.16. The predicted octanol–water partition coefficient (Wildman–Crippen LogP) is 4.21. The Morgan fingerprint density at radius 3 is 2.59 bits per heavy atom. The van der Waals surface area contributed by atoms with Crippen LogP contribution < -0.4 is 0 Å². The van der Waals surface area contributed by atoms with Crippen LogP contribution in [0.3, 0.4) is 0 Å². The molecule has 17 heavy (non-hydrogen) atoms. The summed E-state index contributed by atoms with van der Waals surface area (Å²) in [5.74, 6) is -0.151. The standard InChI is InChI=1S/C14H13BrFN/c1-10-2-3-12(9-14(10)16)13(15)8-11-4-6-17-7-5-11/h2-7,9,13H,8H2,1H3. The van der Waals surface area contributed by atoms with Crippen molar-refractivity contribution in [2.24, 2.45) is 0 Å². The van der Waals surface area contributed by atoms with Crippen molar-refractivity contribution in [2.45, 2.75) is 18.2 Å². The van der Waals surface area contributed by atoms with Crippen LogP contribution in [-0.2, 0) is 6.42 Å². The van der Waals surface area contributed by atoms with Gasteiger partial charge in [-0.15, -0.1) is 0 Å². The Labute approximate surface area is 109 Å². The zero-order valence-corrected chi connectivity index (χ0v) is 11.1. The minimum atomic E-state index is -0.151. The lowest BCUT2D eigenvalue weighted by Gasteiger charge is -2.11. The Balaban J connectivity index is 2.14. The molecule has 1 aromatic heterocycles. The van der Waals surface area contributed by atoms with Gasteiger partial charge in [-0.25, -0.2) is 4.39 Å². The quantitative estimate of drug-likeness (QED) is 0.773. The van der Waals surface area contributed by atoms with Gasteiger partial charge >= 0.3 is 0 Å². The molecule has 1 aromatic carbocycles. The Morgan fingerprint density at radius 2 is 1.94 bits per heavy atom. The lowest BCUT2D eigenvalue weighted by molar-refractivity contribution is 0.615. The van der Waals surface area contributed by atoms with Gasteiger partial charge in [0.1, 0.15) is 5.82 Å². The van der Waals surface area contributed by atoms with E-state index >= 15 is 0 Å². The Bertz CT molecular complexity index is 499. The fourth-order valence-electron chi connectivity index (χ4n) is 1.65. The minimum Gasteiger partial charge on any atom is -0.265 e. The number of benzene rings is 1. The number of hydrogen-bond acceptors (Lipinski definition) is 1. The van der Waals surface area contributed by atoms with E-state index in [-0.39, 0.29) is 10.6 Å². The summed E-state index contributed by atoms with van der Waals surface area (Å²) in [5, 5.41) is 0. The van der Waals surface area contributed by atoms with E-state index in [0.29, 0.717) is 5.56 Å². The van der Waals surface area contributed by atoms with E-state index < -0.39 is 0 Å². The number of halogens is 2. The van der Waals surface area contributed by atoms with Crippen molar-refractivity contribution in [1.82, 2.24) is 4.98 Å². The fraction of sp³-hybridized carbons (Fsp3) is 0.214. The first kappa shape index (κ1) is 12.2. The molecule has 0 aliphatic rings. The third-order valence-corrected chi connectivity index (χ3v) is 3.57. The van der Waals surface area contributed by atoms with Crippen molar-refractivity contribution >= 4 is 15.9 Å². The van der Waals surface area contributed by atoms with Crippen molar-refractivity contribution in [1.29, 1.82) is 0 Å². The Morgan fingerprint density at radius 1 is 1.24 bits per heavy atom. The first-order valence-corrected chi connectivity index (χ1v) is 6.37. The second-order valence-corrected chi connectivity index (χ2v) is 5.14.